The SMILES string of the molecule is NC(=O)[C@@H]1CCCCN1C(=O)COC(=O)c1ccc2c(c1)NC(=O)[C@@H]1CCCN21. The molecule has 3 aliphatic rings. The Morgan fingerprint density at radius 1 is 1.14 bits per heavy atom. The highest BCUT2D eigenvalue weighted by molar-refractivity contribution is 6.05. The van der Waals surface area contributed by atoms with E-state index in [0.717, 1.165) is 37.9 Å². The van der Waals surface area contributed by atoms with E-state index in [1.165, 1.54) is 4.90 Å². The van der Waals surface area contributed by atoms with Crippen LogP contribution in [0.4, 0.5) is 11.4 Å². The summed E-state index contributed by atoms with van der Waals surface area (Å²) in [6.45, 7) is 0.770. The number of carbonyl (C=O) groups is 4. The van der Waals surface area contributed by atoms with E-state index < -0.39 is 30.4 Å². The molecule has 1 aromatic carbocycles. The largest absolute Gasteiger partial charge is 0.452 e. The van der Waals surface area contributed by atoms with Crippen molar-refractivity contribution in [1.82, 2.24) is 4.90 Å². The molecule has 29 heavy (non-hydrogen) atoms. The first-order valence-electron chi connectivity index (χ1n) is 9.93. The average molecular weight is 400 g/mol. The number of fused-ring (bicyclic) bond motifs is 3. The lowest BCUT2D eigenvalue weighted by molar-refractivity contribution is -0.143. The molecule has 1 aromatic rings. The molecule has 2 fully saturated rings. The van der Waals surface area contributed by atoms with Crippen LogP contribution in [0, 0.1) is 0 Å². The summed E-state index contributed by atoms with van der Waals surface area (Å²) in [5.74, 6) is -1.71. The molecule has 3 aliphatic heterocycles. The van der Waals surface area contributed by atoms with Crippen LogP contribution in [0.2, 0.25) is 0 Å². The fraction of sp³-hybridized carbons (Fsp3) is 0.500. The second kappa shape index (κ2) is 7.73. The molecule has 0 radical (unpaired) electrons. The molecular formula is C20H24N4O5. The lowest BCUT2D eigenvalue weighted by atomic mass is 10.0. The zero-order valence-corrected chi connectivity index (χ0v) is 16.1. The van der Waals surface area contributed by atoms with Crippen LogP contribution in [-0.2, 0) is 19.1 Å². The number of amides is 3. The number of primary amides is 1. The van der Waals surface area contributed by atoms with Crippen molar-refractivity contribution in [2.45, 2.75) is 44.2 Å². The summed E-state index contributed by atoms with van der Waals surface area (Å²) in [5, 5.41) is 2.85. The number of ether oxygens (including phenoxy) is 1. The number of likely N-dealkylation sites (tertiary alicyclic amines) is 1. The van der Waals surface area contributed by atoms with Gasteiger partial charge in [0.15, 0.2) is 6.61 Å². The van der Waals surface area contributed by atoms with E-state index in [-0.39, 0.29) is 17.5 Å². The third-order valence-electron chi connectivity index (χ3n) is 5.83. The Balaban J connectivity index is 1.41. The van der Waals surface area contributed by atoms with Gasteiger partial charge in [-0.2, -0.15) is 0 Å². The van der Waals surface area contributed by atoms with Crippen molar-refractivity contribution in [2.75, 3.05) is 29.9 Å². The van der Waals surface area contributed by atoms with Gasteiger partial charge in [0, 0.05) is 13.1 Å². The first-order valence-corrected chi connectivity index (χ1v) is 9.93. The van der Waals surface area contributed by atoms with Crippen molar-refractivity contribution >= 4 is 35.1 Å². The first-order chi connectivity index (χ1) is 14.0. The van der Waals surface area contributed by atoms with Gasteiger partial charge in [-0.05, 0) is 50.3 Å². The number of nitrogens with one attached hydrogen (secondary N) is 1. The third kappa shape index (κ3) is 3.64. The summed E-state index contributed by atoms with van der Waals surface area (Å²) >= 11 is 0. The molecule has 2 atom stereocenters. The summed E-state index contributed by atoms with van der Waals surface area (Å²) in [6.07, 6.45) is 3.91. The van der Waals surface area contributed by atoms with Crippen molar-refractivity contribution < 1.29 is 23.9 Å². The molecule has 0 aromatic heterocycles. The van der Waals surface area contributed by atoms with Gasteiger partial charge in [-0.15, -0.1) is 0 Å². The van der Waals surface area contributed by atoms with Crippen LogP contribution in [0.5, 0.6) is 0 Å². The molecule has 2 saturated heterocycles. The van der Waals surface area contributed by atoms with Crippen molar-refractivity contribution in [2.24, 2.45) is 5.73 Å². The fourth-order valence-electron chi connectivity index (χ4n) is 4.38. The van der Waals surface area contributed by atoms with Gasteiger partial charge in [0.2, 0.25) is 11.8 Å². The van der Waals surface area contributed by atoms with Crippen LogP contribution in [0.25, 0.3) is 0 Å². The van der Waals surface area contributed by atoms with E-state index in [0.29, 0.717) is 18.7 Å². The molecule has 0 bridgehead atoms. The van der Waals surface area contributed by atoms with Gasteiger partial charge in [-0.3, -0.25) is 14.4 Å². The number of nitrogens with two attached hydrogens (primary N) is 1. The summed E-state index contributed by atoms with van der Waals surface area (Å²) < 4.78 is 5.17. The molecule has 0 aliphatic carbocycles. The maximum absolute atomic E-state index is 12.4. The quantitative estimate of drug-likeness (QED) is 0.715. The summed E-state index contributed by atoms with van der Waals surface area (Å²) in [7, 11) is 0. The lowest BCUT2D eigenvalue weighted by Gasteiger charge is -2.33. The third-order valence-corrected chi connectivity index (χ3v) is 5.83. The highest BCUT2D eigenvalue weighted by Gasteiger charge is 2.36. The van der Waals surface area contributed by atoms with E-state index >= 15 is 0 Å². The van der Waals surface area contributed by atoms with Crippen LogP contribution < -0.4 is 16.0 Å². The van der Waals surface area contributed by atoms with Crippen LogP contribution in [-0.4, -0.2) is 60.4 Å². The van der Waals surface area contributed by atoms with Crippen molar-refractivity contribution in [3.63, 3.8) is 0 Å². The Hall–Kier alpha value is -3.10. The molecule has 154 valence electrons. The molecule has 3 N–H and O–H groups in total. The highest BCUT2D eigenvalue weighted by atomic mass is 16.5. The van der Waals surface area contributed by atoms with E-state index in [4.69, 9.17) is 10.5 Å². The van der Waals surface area contributed by atoms with Crippen molar-refractivity contribution in [1.29, 1.82) is 0 Å². The second-order valence-corrected chi connectivity index (χ2v) is 7.65. The number of piperidine rings is 1. The lowest BCUT2D eigenvalue weighted by Crippen LogP contribution is -2.51. The monoisotopic (exact) mass is 400 g/mol. The highest BCUT2D eigenvalue weighted by Crippen LogP contribution is 2.37. The average Bonchev–Trinajstić information content (AvgIpc) is 3.22. The van der Waals surface area contributed by atoms with Gasteiger partial charge in [-0.1, -0.05) is 0 Å². The van der Waals surface area contributed by atoms with Crippen molar-refractivity contribution in [3.8, 4) is 0 Å². The van der Waals surface area contributed by atoms with Gasteiger partial charge in [0.1, 0.15) is 12.1 Å². The molecule has 9 heteroatoms. The number of esters is 1. The molecule has 3 amide bonds. The van der Waals surface area contributed by atoms with Gasteiger partial charge in [-0.25, -0.2) is 4.79 Å². The van der Waals surface area contributed by atoms with Crippen LogP contribution in [0.3, 0.4) is 0 Å². The normalized spacial score (nSPS) is 23.1. The number of rotatable bonds is 4. The zero-order valence-electron chi connectivity index (χ0n) is 16.1. The number of carbonyl (C=O) groups excluding carboxylic acids is 4. The zero-order chi connectivity index (χ0) is 20.5. The van der Waals surface area contributed by atoms with Gasteiger partial charge in [0.05, 0.1) is 16.9 Å². The summed E-state index contributed by atoms with van der Waals surface area (Å²) in [4.78, 5) is 52.1. The van der Waals surface area contributed by atoms with Crippen LogP contribution >= 0.6 is 0 Å². The van der Waals surface area contributed by atoms with Crippen LogP contribution in [0.1, 0.15) is 42.5 Å². The Bertz CT molecular complexity index is 870. The molecule has 0 saturated carbocycles. The maximum atomic E-state index is 12.4. The smallest absolute Gasteiger partial charge is 0.338 e. The predicted molar refractivity (Wildman–Crippen MR) is 104 cm³/mol. The Morgan fingerprint density at radius 2 is 1.97 bits per heavy atom. The molecular weight excluding hydrogens is 376 g/mol. The minimum Gasteiger partial charge on any atom is -0.452 e. The molecule has 0 unspecified atom stereocenters. The maximum Gasteiger partial charge on any atom is 0.338 e. The number of hydrogen-bond donors (Lipinski definition) is 2. The summed E-state index contributed by atoms with van der Waals surface area (Å²) in [6, 6.07) is 4.19. The predicted octanol–water partition coefficient (Wildman–Crippen LogP) is 0.631. The Morgan fingerprint density at radius 3 is 2.76 bits per heavy atom. The van der Waals surface area contributed by atoms with E-state index in [1.807, 2.05) is 4.90 Å². The topological polar surface area (TPSA) is 122 Å². The number of anilines is 2. The molecule has 0 spiro atoms. The number of hydrogen-bond acceptors (Lipinski definition) is 6. The standard InChI is InChI=1S/C20H24N4O5/c21-18(26)15-4-1-2-8-24(15)17(25)11-29-20(28)12-6-7-14-13(10-12)22-19(27)16-5-3-9-23(14)16/h6-7,10,15-16H,1-5,8-9,11H2,(H2,21,26)(H,22,27)/t15-,16-/m0/s1. The van der Waals surface area contributed by atoms with E-state index in [2.05, 4.69) is 5.32 Å². The molecule has 3 heterocycles. The fourth-order valence-corrected chi connectivity index (χ4v) is 4.38. The number of benzene rings is 1. The van der Waals surface area contributed by atoms with Gasteiger partial charge in [0.25, 0.3) is 5.91 Å². The second-order valence-electron chi connectivity index (χ2n) is 7.65. The van der Waals surface area contributed by atoms with Crippen LogP contribution in [0.15, 0.2) is 18.2 Å². The number of nitrogens with zero attached hydrogens (tertiary/aromatic N) is 2. The van der Waals surface area contributed by atoms with E-state index in [9.17, 15) is 19.2 Å². The Kier molecular flexibility index (Phi) is 5.12. The molecule has 4 rings (SSSR count). The van der Waals surface area contributed by atoms with Gasteiger partial charge < -0.3 is 25.6 Å². The molecule has 9 nitrogen and oxygen atoms in total. The first kappa shape index (κ1) is 19.2. The van der Waals surface area contributed by atoms with Crippen molar-refractivity contribution in [3.05, 3.63) is 23.8 Å². The minimum atomic E-state index is -0.661. The van der Waals surface area contributed by atoms with E-state index in [1.54, 1.807) is 18.2 Å². The summed E-state index contributed by atoms with van der Waals surface area (Å²) in [5.41, 5.74) is 7.08. The minimum absolute atomic E-state index is 0.0710. The Labute approximate surface area is 168 Å². The van der Waals surface area contributed by atoms with Gasteiger partial charge >= 0.3 is 5.97 Å².